The molecule has 0 N–H and O–H groups in total. The highest BCUT2D eigenvalue weighted by Crippen LogP contribution is 2.29. The molecular formula is C12H13BrN2O3S. The maximum atomic E-state index is 12.5. The average Bonchev–Trinajstić information content (AvgIpc) is 2.79. The Morgan fingerprint density at radius 2 is 2.16 bits per heavy atom. The zero-order chi connectivity index (χ0) is 14.0. The molecule has 0 radical (unpaired) electrons. The van der Waals surface area contributed by atoms with Crippen LogP contribution in [0.5, 0.6) is 5.75 Å². The lowest BCUT2D eigenvalue weighted by Crippen LogP contribution is -2.13. The van der Waals surface area contributed by atoms with Crippen LogP contribution < -0.4 is 4.74 Å². The van der Waals surface area contributed by atoms with Gasteiger partial charge in [-0.25, -0.2) is 17.4 Å². The van der Waals surface area contributed by atoms with Gasteiger partial charge in [-0.1, -0.05) is 15.9 Å². The van der Waals surface area contributed by atoms with E-state index in [2.05, 4.69) is 20.9 Å². The number of imidazole rings is 1. The minimum atomic E-state index is -3.69. The van der Waals surface area contributed by atoms with Crippen molar-refractivity contribution in [3.05, 3.63) is 40.9 Å². The lowest BCUT2D eigenvalue weighted by atomic mass is 10.3. The van der Waals surface area contributed by atoms with E-state index in [9.17, 15) is 8.42 Å². The van der Waals surface area contributed by atoms with Gasteiger partial charge in [-0.15, -0.1) is 0 Å². The molecule has 1 aromatic carbocycles. The molecule has 0 aliphatic rings. The van der Waals surface area contributed by atoms with Gasteiger partial charge in [-0.3, -0.25) is 0 Å². The summed E-state index contributed by atoms with van der Waals surface area (Å²) in [6.45, 7) is 3.93. The monoisotopic (exact) mass is 344 g/mol. The fraction of sp³-hybridized carbons (Fsp3) is 0.250. The number of hydrogen-bond acceptors (Lipinski definition) is 4. The second-order valence-electron chi connectivity index (χ2n) is 3.87. The Hall–Kier alpha value is -1.34. The number of ether oxygens (including phenoxy) is 1. The molecule has 0 fully saturated rings. The van der Waals surface area contributed by atoms with Crippen molar-refractivity contribution < 1.29 is 13.2 Å². The fourth-order valence-electron chi connectivity index (χ4n) is 1.60. The third-order valence-electron chi connectivity index (χ3n) is 2.45. The predicted octanol–water partition coefficient (Wildman–Crippen LogP) is 2.59. The van der Waals surface area contributed by atoms with E-state index >= 15 is 0 Å². The molecule has 0 bridgehead atoms. The molecule has 19 heavy (non-hydrogen) atoms. The minimum Gasteiger partial charge on any atom is -0.492 e. The van der Waals surface area contributed by atoms with E-state index in [1.165, 1.54) is 18.6 Å². The van der Waals surface area contributed by atoms with Crippen molar-refractivity contribution in [1.29, 1.82) is 0 Å². The molecule has 2 aromatic rings. The highest BCUT2D eigenvalue weighted by molar-refractivity contribution is 9.10. The van der Waals surface area contributed by atoms with Crippen LogP contribution >= 0.6 is 15.9 Å². The second kappa shape index (κ2) is 5.34. The van der Waals surface area contributed by atoms with Crippen LogP contribution in [-0.4, -0.2) is 24.0 Å². The van der Waals surface area contributed by atoms with Crippen LogP contribution in [0, 0.1) is 6.92 Å². The molecule has 2 rings (SSSR count). The van der Waals surface area contributed by atoms with Crippen molar-refractivity contribution in [3.8, 4) is 5.75 Å². The van der Waals surface area contributed by atoms with Crippen molar-refractivity contribution in [2.75, 3.05) is 6.61 Å². The Labute approximate surface area is 120 Å². The number of halogens is 1. The molecule has 0 aliphatic carbocycles. The van der Waals surface area contributed by atoms with Crippen LogP contribution in [0.1, 0.15) is 12.6 Å². The van der Waals surface area contributed by atoms with Crippen LogP contribution in [0.25, 0.3) is 0 Å². The SMILES string of the molecule is CCOc1ccc(Br)cc1S(=O)(=O)n1cnc(C)c1. The Kier molecular flexibility index (Phi) is 3.96. The van der Waals surface area contributed by atoms with Crippen molar-refractivity contribution in [3.63, 3.8) is 0 Å². The Morgan fingerprint density at radius 1 is 1.42 bits per heavy atom. The summed E-state index contributed by atoms with van der Waals surface area (Å²) >= 11 is 3.27. The lowest BCUT2D eigenvalue weighted by molar-refractivity contribution is 0.331. The van der Waals surface area contributed by atoms with Gasteiger partial charge in [0.05, 0.1) is 12.3 Å². The van der Waals surface area contributed by atoms with Gasteiger partial charge in [0.1, 0.15) is 17.0 Å². The molecule has 0 saturated carbocycles. The molecule has 1 aromatic heterocycles. The number of benzene rings is 1. The third kappa shape index (κ3) is 2.82. The van der Waals surface area contributed by atoms with Crippen LogP contribution in [0.3, 0.4) is 0 Å². The Bertz CT molecular complexity index is 695. The zero-order valence-electron chi connectivity index (χ0n) is 10.5. The van der Waals surface area contributed by atoms with Crippen LogP contribution in [0.2, 0.25) is 0 Å². The van der Waals surface area contributed by atoms with E-state index in [1.54, 1.807) is 26.0 Å². The quantitative estimate of drug-likeness (QED) is 0.855. The van der Waals surface area contributed by atoms with Gasteiger partial charge in [0.2, 0.25) is 0 Å². The van der Waals surface area contributed by atoms with Gasteiger partial charge in [0.25, 0.3) is 10.0 Å². The molecular weight excluding hydrogens is 332 g/mol. The lowest BCUT2D eigenvalue weighted by Gasteiger charge is -2.11. The standard InChI is InChI=1S/C12H13BrN2O3S/c1-3-18-11-5-4-10(13)6-12(11)19(16,17)15-7-9(2)14-8-15/h4-8H,3H2,1-2H3. The first kappa shape index (κ1) is 14.1. The van der Waals surface area contributed by atoms with E-state index in [0.717, 1.165) is 3.97 Å². The van der Waals surface area contributed by atoms with Gasteiger partial charge in [-0.2, -0.15) is 0 Å². The third-order valence-corrected chi connectivity index (χ3v) is 4.57. The summed E-state index contributed by atoms with van der Waals surface area (Å²) in [5.41, 5.74) is 0.636. The summed E-state index contributed by atoms with van der Waals surface area (Å²) in [7, 11) is -3.69. The van der Waals surface area contributed by atoms with E-state index in [4.69, 9.17) is 4.74 Å². The van der Waals surface area contributed by atoms with Crippen molar-refractivity contribution >= 4 is 26.0 Å². The van der Waals surface area contributed by atoms with Crippen LogP contribution in [0.15, 0.2) is 40.1 Å². The van der Waals surface area contributed by atoms with Crippen molar-refractivity contribution in [2.45, 2.75) is 18.7 Å². The van der Waals surface area contributed by atoms with Gasteiger partial charge in [0.15, 0.2) is 0 Å². The van der Waals surface area contributed by atoms with Gasteiger partial charge >= 0.3 is 0 Å². The summed E-state index contributed by atoms with van der Waals surface area (Å²) in [5.74, 6) is 0.331. The number of rotatable bonds is 4. The topological polar surface area (TPSA) is 61.2 Å². The zero-order valence-corrected chi connectivity index (χ0v) is 12.9. The van der Waals surface area contributed by atoms with Gasteiger partial charge < -0.3 is 4.74 Å². The van der Waals surface area contributed by atoms with Gasteiger partial charge in [0, 0.05) is 10.7 Å². The molecule has 0 unspecified atom stereocenters. The fourth-order valence-corrected chi connectivity index (χ4v) is 3.46. The highest BCUT2D eigenvalue weighted by atomic mass is 79.9. The normalized spacial score (nSPS) is 11.5. The highest BCUT2D eigenvalue weighted by Gasteiger charge is 2.22. The smallest absolute Gasteiger partial charge is 0.272 e. The van der Waals surface area contributed by atoms with E-state index in [-0.39, 0.29) is 4.90 Å². The average molecular weight is 345 g/mol. The van der Waals surface area contributed by atoms with Crippen molar-refractivity contribution in [1.82, 2.24) is 8.96 Å². The summed E-state index contributed by atoms with van der Waals surface area (Å²) in [4.78, 5) is 4.05. The first-order valence-corrected chi connectivity index (χ1v) is 7.87. The number of nitrogens with zero attached hydrogens (tertiary/aromatic N) is 2. The second-order valence-corrected chi connectivity index (χ2v) is 6.60. The largest absolute Gasteiger partial charge is 0.492 e. The molecule has 0 saturated heterocycles. The maximum absolute atomic E-state index is 12.5. The molecule has 0 amide bonds. The molecule has 7 heteroatoms. The molecule has 1 heterocycles. The molecule has 102 valence electrons. The predicted molar refractivity (Wildman–Crippen MR) is 74.9 cm³/mol. The summed E-state index contributed by atoms with van der Waals surface area (Å²) in [6.07, 6.45) is 2.74. The molecule has 5 nitrogen and oxygen atoms in total. The Balaban J connectivity index is 2.59. The summed E-state index contributed by atoms with van der Waals surface area (Å²) in [5, 5.41) is 0. The maximum Gasteiger partial charge on any atom is 0.272 e. The number of aryl methyl sites for hydroxylation is 1. The number of hydrogen-bond donors (Lipinski definition) is 0. The van der Waals surface area contributed by atoms with E-state index in [1.807, 2.05) is 0 Å². The van der Waals surface area contributed by atoms with E-state index < -0.39 is 10.0 Å². The van der Waals surface area contributed by atoms with Crippen LogP contribution in [-0.2, 0) is 10.0 Å². The van der Waals surface area contributed by atoms with Crippen LogP contribution in [0.4, 0.5) is 0 Å². The first-order valence-electron chi connectivity index (χ1n) is 5.63. The van der Waals surface area contributed by atoms with Crippen molar-refractivity contribution in [2.24, 2.45) is 0 Å². The van der Waals surface area contributed by atoms with E-state index in [0.29, 0.717) is 22.5 Å². The summed E-state index contributed by atoms with van der Waals surface area (Å²) < 4.78 is 32.2. The van der Waals surface area contributed by atoms with Gasteiger partial charge in [-0.05, 0) is 32.0 Å². The number of aromatic nitrogens is 2. The minimum absolute atomic E-state index is 0.112. The Morgan fingerprint density at radius 3 is 2.74 bits per heavy atom. The first-order chi connectivity index (χ1) is 8.95. The summed E-state index contributed by atoms with van der Waals surface area (Å²) in [6, 6.07) is 4.89. The molecule has 0 aliphatic heterocycles. The molecule has 0 atom stereocenters. The molecule has 0 spiro atoms.